The van der Waals surface area contributed by atoms with Gasteiger partial charge in [0.2, 0.25) is 5.91 Å². The molecular weight excluding hydrogens is 220 g/mol. The predicted octanol–water partition coefficient (Wildman–Crippen LogP) is 0.134. The van der Waals surface area contributed by atoms with Crippen molar-refractivity contribution in [3.8, 4) is 0 Å². The standard InChI is InChI=1S/C12H26N2O3/c1-9(2)5-11(7-15)13-6-12(16)14-10(3)8-17-4/h9-11,13,15H,5-8H2,1-4H3,(H,14,16). The number of aliphatic hydroxyl groups is 1. The van der Waals surface area contributed by atoms with Gasteiger partial charge in [-0.1, -0.05) is 13.8 Å². The normalized spacial score (nSPS) is 14.7. The minimum absolute atomic E-state index is 0.00646. The summed E-state index contributed by atoms with van der Waals surface area (Å²) in [6.07, 6.45) is 0.859. The Balaban J connectivity index is 3.80. The minimum atomic E-state index is -0.0724. The first-order chi connectivity index (χ1) is 7.99. The smallest absolute Gasteiger partial charge is 0.234 e. The Morgan fingerprint density at radius 1 is 1.35 bits per heavy atom. The molecule has 0 radical (unpaired) electrons. The van der Waals surface area contributed by atoms with Crippen molar-refractivity contribution < 1.29 is 14.6 Å². The number of methoxy groups -OCH3 is 1. The van der Waals surface area contributed by atoms with Gasteiger partial charge in [-0.25, -0.2) is 0 Å². The van der Waals surface area contributed by atoms with E-state index in [2.05, 4.69) is 24.5 Å². The van der Waals surface area contributed by atoms with Crippen molar-refractivity contribution in [2.75, 3.05) is 26.9 Å². The van der Waals surface area contributed by atoms with Crippen LogP contribution in [0.25, 0.3) is 0 Å². The van der Waals surface area contributed by atoms with E-state index in [4.69, 9.17) is 9.84 Å². The van der Waals surface area contributed by atoms with Gasteiger partial charge in [-0.2, -0.15) is 0 Å². The first-order valence-electron chi connectivity index (χ1n) is 6.12. The monoisotopic (exact) mass is 246 g/mol. The molecule has 2 unspecified atom stereocenters. The second kappa shape index (κ2) is 9.39. The van der Waals surface area contributed by atoms with Crippen molar-refractivity contribution in [1.82, 2.24) is 10.6 Å². The molecule has 0 aliphatic rings. The van der Waals surface area contributed by atoms with E-state index in [1.165, 1.54) is 0 Å². The summed E-state index contributed by atoms with van der Waals surface area (Å²) < 4.78 is 4.93. The van der Waals surface area contributed by atoms with Crippen LogP contribution in [0.2, 0.25) is 0 Å². The van der Waals surface area contributed by atoms with Crippen LogP contribution in [0, 0.1) is 5.92 Å². The van der Waals surface area contributed by atoms with Crippen molar-refractivity contribution >= 4 is 5.91 Å². The Labute approximate surface area is 104 Å². The van der Waals surface area contributed by atoms with Gasteiger partial charge in [0.05, 0.1) is 19.8 Å². The van der Waals surface area contributed by atoms with Crippen LogP contribution in [0.15, 0.2) is 0 Å². The molecule has 0 heterocycles. The summed E-state index contributed by atoms with van der Waals surface area (Å²) in [6, 6.07) is -0.00884. The first-order valence-corrected chi connectivity index (χ1v) is 6.12. The van der Waals surface area contributed by atoms with E-state index >= 15 is 0 Å². The van der Waals surface area contributed by atoms with Gasteiger partial charge in [0, 0.05) is 19.2 Å². The van der Waals surface area contributed by atoms with Gasteiger partial charge in [0.25, 0.3) is 0 Å². The molecule has 1 amide bonds. The van der Waals surface area contributed by atoms with Crippen LogP contribution < -0.4 is 10.6 Å². The average Bonchev–Trinajstić information content (AvgIpc) is 2.23. The summed E-state index contributed by atoms with van der Waals surface area (Å²) in [5, 5.41) is 15.0. The molecule has 0 aromatic heterocycles. The van der Waals surface area contributed by atoms with E-state index < -0.39 is 0 Å². The number of aliphatic hydroxyl groups excluding tert-OH is 1. The SMILES string of the molecule is COCC(C)NC(=O)CNC(CO)CC(C)C. The fraction of sp³-hybridized carbons (Fsp3) is 0.917. The second-order valence-corrected chi connectivity index (χ2v) is 4.81. The number of nitrogens with one attached hydrogen (secondary N) is 2. The topological polar surface area (TPSA) is 70.6 Å². The molecule has 0 saturated carbocycles. The molecule has 5 nitrogen and oxygen atoms in total. The zero-order valence-corrected chi connectivity index (χ0v) is 11.3. The van der Waals surface area contributed by atoms with Crippen LogP contribution in [0.4, 0.5) is 0 Å². The number of hydrogen-bond donors (Lipinski definition) is 3. The number of hydrogen-bond acceptors (Lipinski definition) is 4. The molecule has 0 aliphatic heterocycles. The molecule has 102 valence electrons. The first kappa shape index (κ1) is 16.4. The van der Waals surface area contributed by atoms with E-state index in [1.807, 2.05) is 6.92 Å². The third kappa shape index (κ3) is 9.09. The maximum absolute atomic E-state index is 11.5. The van der Waals surface area contributed by atoms with Crippen LogP contribution in [0.5, 0.6) is 0 Å². The molecule has 0 aliphatic carbocycles. The highest BCUT2D eigenvalue weighted by Gasteiger charge is 2.12. The second-order valence-electron chi connectivity index (χ2n) is 4.81. The molecule has 0 aromatic carbocycles. The van der Waals surface area contributed by atoms with Crippen molar-refractivity contribution in [2.24, 2.45) is 5.92 Å². The van der Waals surface area contributed by atoms with Crippen molar-refractivity contribution in [3.05, 3.63) is 0 Å². The molecule has 0 spiro atoms. The summed E-state index contributed by atoms with van der Waals surface area (Å²) in [5.41, 5.74) is 0. The van der Waals surface area contributed by atoms with E-state index in [0.717, 1.165) is 6.42 Å². The molecular formula is C12H26N2O3. The highest BCUT2D eigenvalue weighted by molar-refractivity contribution is 5.78. The number of carbonyl (C=O) groups excluding carboxylic acids is 1. The zero-order valence-electron chi connectivity index (χ0n) is 11.3. The minimum Gasteiger partial charge on any atom is -0.395 e. The van der Waals surface area contributed by atoms with Crippen molar-refractivity contribution in [2.45, 2.75) is 39.3 Å². The summed E-state index contributed by atoms with van der Waals surface area (Å²) in [7, 11) is 1.60. The lowest BCUT2D eigenvalue weighted by molar-refractivity contribution is -0.121. The lowest BCUT2D eigenvalue weighted by Gasteiger charge is -2.19. The summed E-state index contributed by atoms with van der Waals surface area (Å²) in [5.74, 6) is 0.423. The largest absolute Gasteiger partial charge is 0.395 e. The van der Waals surface area contributed by atoms with Gasteiger partial charge in [0.1, 0.15) is 0 Å². The molecule has 0 bridgehead atoms. The van der Waals surface area contributed by atoms with Gasteiger partial charge in [-0.3, -0.25) is 4.79 Å². The lowest BCUT2D eigenvalue weighted by Crippen LogP contribution is -2.44. The fourth-order valence-electron chi connectivity index (χ4n) is 1.65. The summed E-state index contributed by atoms with van der Waals surface area (Å²) in [4.78, 5) is 11.5. The number of ether oxygens (including phenoxy) is 1. The van der Waals surface area contributed by atoms with Crippen LogP contribution in [0.1, 0.15) is 27.2 Å². The third-order valence-corrected chi connectivity index (χ3v) is 2.35. The Kier molecular flexibility index (Phi) is 9.03. The van der Waals surface area contributed by atoms with Crippen LogP contribution >= 0.6 is 0 Å². The van der Waals surface area contributed by atoms with Crippen molar-refractivity contribution in [3.63, 3.8) is 0 Å². The van der Waals surface area contributed by atoms with Gasteiger partial charge in [-0.05, 0) is 19.3 Å². The maximum atomic E-state index is 11.5. The van der Waals surface area contributed by atoms with E-state index in [1.54, 1.807) is 7.11 Å². The van der Waals surface area contributed by atoms with Crippen molar-refractivity contribution in [1.29, 1.82) is 0 Å². The van der Waals surface area contributed by atoms with Crippen LogP contribution in [-0.2, 0) is 9.53 Å². The van der Waals surface area contributed by atoms with E-state index in [-0.39, 0.29) is 31.1 Å². The molecule has 5 heteroatoms. The molecule has 0 aromatic rings. The fourth-order valence-corrected chi connectivity index (χ4v) is 1.65. The molecule has 0 rings (SSSR count). The predicted molar refractivity (Wildman–Crippen MR) is 67.8 cm³/mol. The summed E-state index contributed by atoms with van der Waals surface area (Å²) >= 11 is 0. The average molecular weight is 246 g/mol. The van der Waals surface area contributed by atoms with Gasteiger partial charge < -0.3 is 20.5 Å². The molecule has 2 atom stereocenters. The Hall–Kier alpha value is -0.650. The maximum Gasteiger partial charge on any atom is 0.234 e. The Morgan fingerprint density at radius 3 is 2.47 bits per heavy atom. The quantitative estimate of drug-likeness (QED) is 0.541. The Morgan fingerprint density at radius 2 is 2.00 bits per heavy atom. The third-order valence-electron chi connectivity index (χ3n) is 2.35. The highest BCUT2D eigenvalue weighted by atomic mass is 16.5. The van der Waals surface area contributed by atoms with Gasteiger partial charge >= 0.3 is 0 Å². The number of rotatable bonds is 9. The molecule has 0 fully saturated rings. The molecule has 0 saturated heterocycles. The highest BCUT2D eigenvalue weighted by Crippen LogP contribution is 2.03. The number of amides is 1. The van der Waals surface area contributed by atoms with Gasteiger partial charge in [-0.15, -0.1) is 0 Å². The Bertz CT molecular complexity index is 210. The van der Waals surface area contributed by atoms with Gasteiger partial charge in [0.15, 0.2) is 0 Å². The molecule has 3 N–H and O–H groups in total. The van der Waals surface area contributed by atoms with E-state index in [0.29, 0.717) is 12.5 Å². The number of carbonyl (C=O) groups is 1. The molecule has 17 heavy (non-hydrogen) atoms. The van der Waals surface area contributed by atoms with Crippen LogP contribution in [0.3, 0.4) is 0 Å². The van der Waals surface area contributed by atoms with Crippen LogP contribution in [-0.4, -0.2) is 50.0 Å². The zero-order chi connectivity index (χ0) is 13.3. The van der Waals surface area contributed by atoms with E-state index in [9.17, 15) is 4.79 Å². The summed E-state index contributed by atoms with van der Waals surface area (Å²) in [6.45, 7) is 6.85. The lowest BCUT2D eigenvalue weighted by atomic mass is 10.0.